The van der Waals surface area contributed by atoms with Crippen LogP contribution in [0.3, 0.4) is 0 Å². The van der Waals surface area contributed by atoms with Crippen LogP contribution in [-0.2, 0) is 9.53 Å². The number of carbonyl (C=O) groups excluding carboxylic acids is 1. The zero-order valence-electron chi connectivity index (χ0n) is 11.6. The molecule has 0 bridgehead atoms. The minimum absolute atomic E-state index is 0.146. The molecular formula is C14H26O2. The van der Waals surface area contributed by atoms with Crippen molar-refractivity contribution >= 4 is 5.97 Å². The molecule has 94 valence electrons. The number of ether oxygens (including phenoxy) is 1. The van der Waals surface area contributed by atoms with Gasteiger partial charge < -0.3 is 4.74 Å². The summed E-state index contributed by atoms with van der Waals surface area (Å²) in [6.45, 7) is 16.2. The highest BCUT2D eigenvalue weighted by Crippen LogP contribution is 2.35. The van der Waals surface area contributed by atoms with Crippen LogP contribution in [0.15, 0.2) is 12.7 Å². The van der Waals surface area contributed by atoms with E-state index in [1.807, 2.05) is 6.92 Å². The van der Waals surface area contributed by atoms with Gasteiger partial charge in [0.2, 0.25) is 0 Å². The van der Waals surface area contributed by atoms with Gasteiger partial charge in [0, 0.05) is 0 Å². The lowest BCUT2D eigenvalue weighted by Crippen LogP contribution is -2.40. The fourth-order valence-electron chi connectivity index (χ4n) is 1.83. The third kappa shape index (κ3) is 5.34. The molecule has 2 heteroatoms. The second-order valence-corrected chi connectivity index (χ2v) is 6.17. The molecule has 0 amide bonds. The lowest BCUT2D eigenvalue weighted by molar-refractivity contribution is -0.165. The molecule has 0 aliphatic heterocycles. The number of esters is 1. The Morgan fingerprint density at radius 3 is 2.12 bits per heavy atom. The van der Waals surface area contributed by atoms with Crippen LogP contribution in [0.4, 0.5) is 0 Å². The van der Waals surface area contributed by atoms with Crippen molar-refractivity contribution in [2.45, 2.75) is 60.0 Å². The predicted octanol–water partition coefficient (Wildman–Crippen LogP) is 3.96. The first-order valence-electron chi connectivity index (χ1n) is 5.93. The molecule has 0 saturated carbocycles. The van der Waals surface area contributed by atoms with Crippen molar-refractivity contribution in [1.29, 1.82) is 0 Å². The van der Waals surface area contributed by atoms with Crippen molar-refractivity contribution < 1.29 is 9.53 Å². The molecule has 0 spiro atoms. The first kappa shape index (κ1) is 15.2. The molecule has 0 rings (SSSR count). The van der Waals surface area contributed by atoms with Crippen molar-refractivity contribution in [3.63, 3.8) is 0 Å². The van der Waals surface area contributed by atoms with Crippen molar-refractivity contribution in [2.75, 3.05) is 0 Å². The molecular weight excluding hydrogens is 200 g/mol. The number of hydrogen-bond acceptors (Lipinski definition) is 2. The van der Waals surface area contributed by atoms with Crippen molar-refractivity contribution in [1.82, 2.24) is 0 Å². The van der Waals surface area contributed by atoms with Gasteiger partial charge in [-0.25, -0.2) is 0 Å². The van der Waals surface area contributed by atoms with E-state index in [1.165, 1.54) is 0 Å². The van der Waals surface area contributed by atoms with Crippen LogP contribution >= 0.6 is 0 Å². The van der Waals surface area contributed by atoms with Crippen LogP contribution in [0.5, 0.6) is 0 Å². The smallest absolute Gasteiger partial charge is 0.310 e. The summed E-state index contributed by atoms with van der Waals surface area (Å²) in [6.07, 6.45) is 2.73. The number of hydrogen-bond donors (Lipinski definition) is 0. The van der Waals surface area contributed by atoms with Gasteiger partial charge in [0.05, 0.1) is 6.42 Å². The fourth-order valence-corrected chi connectivity index (χ4v) is 1.83. The van der Waals surface area contributed by atoms with E-state index in [2.05, 4.69) is 41.2 Å². The van der Waals surface area contributed by atoms with E-state index in [9.17, 15) is 4.79 Å². The lowest BCUT2D eigenvalue weighted by Gasteiger charge is -2.38. The van der Waals surface area contributed by atoms with Crippen LogP contribution in [-0.4, -0.2) is 11.6 Å². The van der Waals surface area contributed by atoms with Crippen molar-refractivity contribution in [3.8, 4) is 0 Å². The van der Waals surface area contributed by atoms with Gasteiger partial charge in [0.1, 0.15) is 5.60 Å². The zero-order chi connectivity index (χ0) is 13.0. The van der Waals surface area contributed by atoms with E-state index in [1.54, 1.807) is 6.08 Å². The van der Waals surface area contributed by atoms with Crippen LogP contribution in [0.1, 0.15) is 54.4 Å². The fraction of sp³-hybridized carbons (Fsp3) is 0.786. The minimum atomic E-state index is -0.391. The molecule has 0 aliphatic rings. The van der Waals surface area contributed by atoms with E-state index >= 15 is 0 Å². The van der Waals surface area contributed by atoms with Gasteiger partial charge in [0.25, 0.3) is 0 Å². The molecule has 0 aromatic carbocycles. The first-order valence-corrected chi connectivity index (χ1v) is 5.93. The van der Waals surface area contributed by atoms with E-state index in [0.717, 1.165) is 6.42 Å². The normalized spacial score (nSPS) is 15.7. The molecule has 0 fully saturated rings. The summed E-state index contributed by atoms with van der Waals surface area (Å²) in [4.78, 5) is 11.6. The quantitative estimate of drug-likeness (QED) is 0.524. The van der Waals surface area contributed by atoms with E-state index < -0.39 is 5.60 Å². The molecule has 0 heterocycles. The average molecular weight is 226 g/mol. The third-order valence-corrected chi connectivity index (χ3v) is 2.76. The molecule has 0 radical (unpaired) electrons. The summed E-state index contributed by atoms with van der Waals surface area (Å²) >= 11 is 0. The maximum Gasteiger partial charge on any atom is 0.310 e. The Balaban J connectivity index is 4.70. The average Bonchev–Trinajstić information content (AvgIpc) is 1.99. The molecule has 0 aliphatic carbocycles. The molecule has 0 saturated heterocycles. The van der Waals surface area contributed by atoms with Gasteiger partial charge in [-0.05, 0) is 24.7 Å². The summed E-state index contributed by atoms with van der Waals surface area (Å²) in [5, 5.41) is 0. The Hall–Kier alpha value is -0.790. The molecule has 1 atom stereocenters. The molecule has 0 aromatic heterocycles. The Morgan fingerprint density at radius 1 is 1.31 bits per heavy atom. The monoisotopic (exact) mass is 226 g/mol. The molecule has 16 heavy (non-hydrogen) atoms. The van der Waals surface area contributed by atoms with E-state index in [-0.39, 0.29) is 17.8 Å². The number of carbonyl (C=O) groups is 1. The Kier molecular flexibility index (Phi) is 5.24. The summed E-state index contributed by atoms with van der Waals surface area (Å²) in [5.41, 5.74) is -0.244. The second-order valence-electron chi connectivity index (χ2n) is 6.17. The summed E-state index contributed by atoms with van der Waals surface area (Å²) in [6, 6.07) is 0. The van der Waals surface area contributed by atoms with Crippen LogP contribution < -0.4 is 0 Å². The highest BCUT2D eigenvalue weighted by atomic mass is 16.6. The second kappa shape index (κ2) is 5.51. The van der Waals surface area contributed by atoms with E-state index in [4.69, 9.17) is 4.74 Å². The maximum absolute atomic E-state index is 11.6. The maximum atomic E-state index is 11.6. The highest BCUT2D eigenvalue weighted by molar-refractivity contribution is 5.71. The Bertz CT molecular complexity index is 248. The van der Waals surface area contributed by atoms with Crippen LogP contribution in [0.25, 0.3) is 0 Å². The lowest BCUT2D eigenvalue weighted by atomic mass is 9.77. The van der Waals surface area contributed by atoms with Gasteiger partial charge in [-0.3, -0.25) is 4.79 Å². The SMILES string of the molecule is C=CCC(=O)OC(C)(CC(C)(C)C)C(C)C. The molecule has 0 aromatic rings. The van der Waals surface area contributed by atoms with Crippen molar-refractivity contribution in [2.24, 2.45) is 11.3 Å². The number of rotatable bonds is 5. The molecule has 1 unspecified atom stereocenters. The van der Waals surface area contributed by atoms with E-state index in [0.29, 0.717) is 5.92 Å². The predicted molar refractivity (Wildman–Crippen MR) is 68.2 cm³/mol. The summed E-state index contributed by atoms with van der Waals surface area (Å²) in [7, 11) is 0. The van der Waals surface area contributed by atoms with Crippen molar-refractivity contribution in [3.05, 3.63) is 12.7 Å². The van der Waals surface area contributed by atoms with Crippen LogP contribution in [0.2, 0.25) is 0 Å². The van der Waals surface area contributed by atoms with Gasteiger partial charge in [-0.1, -0.05) is 40.7 Å². The standard InChI is InChI=1S/C14H26O2/c1-8-9-12(15)16-14(7,11(2)3)10-13(4,5)6/h8,11H,1,9-10H2,2-7H3. The largest absolute Gasteiger partial charge is 0.459 e. The third-order valence-electron chi connectivity index (χ3n) is 2.76. The Labute approximate surface area is 100 Å². The zero-order valence-corrected chi connectivity index (χ0v) is 11.6. The van der Waals surface area contributed by atoms with Crippen LogP contribution in [0, 0.1) is 11.3 Å². The summed E-state index contributed by atoms with van der Waals surface area (Å²) in [5.74, 6) is 0.121. The van der Waals surface area contributed by atoms with Gasteiger partial charge in [0.15, 0.2) is 0 Å². The minimum Gasteiger partial charge on any atom is -0.459 e. The molecule has 2 nitrogen and oxygen atoms in total. The van der Waals surface area contributed by atoms with Gasteiger partial charge in [-0.2, -0.15) is 0 Å². The molecule has 0 N–H and O–H groups in total. The summed E-state index contributed by atoms with van der Waals surface area (Å²) < 4.78 is 5.61. The van der Waals surface area contributed by atoms with Gasteiger partial charge in [-0.15, -0.1) is 6.58 Å². The first-order chi connectivity index (χ1) is 7.10. The Morgan fingerprint density at radius 2 is 1.81 bits per heavy atom. The highest BCUT2D eigenvalue weighted by Gasteiger charge is 2.36. The van der Waals surface area contributed by atoms with Gasteiger partial charge >= 0.3 is 5.97 Å². The topological polar surface area (TPSA) is 26.3 Å².